The molecule has 0 radical (unpaired) electrons. The third kappa shape index (κ3) is 2.99. The number of benzene rings is 1. The lowest BCUT2D eigenvalue weighted by atomic mass is 9.86. The first-order valence-corrected chi connectivity index (χ1v) is 6.28. The van der Waals surface area contributed by atoms with Gasteiger partial charge in [0.1, 0.15) is 5.69 Å². The highest BCUT2D eigenvalue weighted by Gasteiger charge is 2.23. The van der Waals surface area contributed by atoms with Gasteiger partial charge in [-0.2, -0.15) is 22.5 Å². The van der Waals surface area contributed by atoms with Crippen LogP contribution in [0.3, 0.4) is 0 Å². The lowest BCUT2D eigenvalue weighted by Gasteiger charge is -2.23. The highest BCUT2D eigenvalue weighted by atomic mass is 19.2. The second-order valence-electron chi connectivity index (χ2n) is 5.62. The first kappa shape index (κ1) is 15.3. The Labute approximate surface area is 119 Å². The van der Waals surface area contributed by atoms with Gasteiger partial charge in [0.05, 0.1) is 0 Å². The quantitative estimate of drug-likeness (QED) is 0.643. The normalized spacial score (nSPS) is 11.6. The number of para-hydroxylation sites is 1. The molecule has 2 rings (SSSR count). The molecule has 1 heterocycles. The number of hydrogen-bond donors (Lipinski definition) is 1. The fourth-order valence-corrected chi connectivity index (χ4v) is 1.98. The lowest BCUT2D eigenvalue weighted by molar-refractivity contribution is 0.411. The number of anilines is 2. The zero-order chi connectivity index (χ0) is 15.8. The molecular weight excluding hydrogens is 284 g/mol. The number of hydrogen-bond acceptors (Lipinski definition) is 2. The third-order valence-corrected chi connectivity index (χ3v) is 2.99. The van der Waals surface area contributed by atoms with Gasteiger partial charge in [-0.05, 0) is 17.0 Å². The van der Waals surface area contributed by atoms with Crippen molar-refractivity contribution in [2.24, 2.45) is 0 Å². The third-order valence-electron chi connectivity index (χ3n) is 2.99. The van der Waals surface area contributed by atoms with E-state index in [2.05, 4.69) is 10.3 Å². The molecule has 0 aliphatic heterocycles. The number of halogens is 4. The van der Waals surface area contributed by atoms with Gasteiger partial charge in [0.15, 0.2) is 0 Å². The molecular formula is C15H14F4N2. The number of nitrogens with one attached hydrogen (secondary N) is 1. The molecule has 0 bridgehead atoms. The molecule has 0 unspecified atom stereocenters. The molecule has 0 aliphatic rings. The Kier molecular flexibility index (Phi) is 3.89. The van der Waals surface area contributed by atoms with Crippen molar-refractivity contribution < 1.29 is 17.6 Å². The van der Waals surface area contributed by atoms with Crippen LogP contribution < -0.4 is 5.32 Å². The van der Waals surface area contributed by atoms with Crippen molar-refractivity contribution in [3.63, 3.8) is 0 Å². The van der Waals surface area contributed by atoms with E-state index in [4.69, 9.17) is 0 Å². The number of nitrogens with zero attached hydrogens (tertiary/aromatic N) is 1. The van der Waals surface area contributed by atoms with Crippen LogP contribution in [0.15, 0.2) is 24.3 Å². The summed E-state index contributed by atoms with van der Waals surface area (Å²) in [6.45, 7) is 5.73. The van der Waals surface area contributed by atoms with Crippen LogP contribution in [0, 0.1) is 23.5 Å². The van der Waals surface area contributed by atoms with Gasteiger partial charge < -0.3 is 5.32 Å². The molecule has 0 saturated carbocycles. The van der Waals surface area contributed by atoms with E-state index in [0.717, 1.165) is 5.56 Å². The summed E-state index contributed by atoms with van der Waals surface area (Å²) in [5.74, 6) is -6.50. The minimum atomic E-state index is -1.69. The molecule has 6 heteroatoms. The number of aromatic nitrogens is 1. The van der Waals surface area contributed by atoms with Gasteiger partial charge in [-0.3, -0.25) is 0 Å². The summed E-state index contributed by atoms with van der Waals surface area (Å²) >= 11 is 0. The predicted molar refractivity (Wildman–Crippen MR) is 72.5 cm³/mol. The molecule has 0 saturated heterocycles. The fraction of sp³-hybridized carbons (Fsp3) is 0.267. The highest BCUT2D eigenvalue weighted by Crippen LogP contribution is 2.33. The van der Waals surface area contributed by atoms with Crippen molar-refractivity contribution in [1.29, 1.82) is 0 Å². The zero-order valence-electron chi connectivity index (χ0n) is 11.8. The number of rotatable bonds is 2. The summed E-state index contributed by atoms with van der Waals surface area (Å²) in [6.07, 6.45) is 0. The smallest absolute Gasteiger partial charge is 0.253 e. The van der Waals surface area contributed by atoms with Crippen molar-refractivity contribution in [3.8, 4) is 0 Å². The Bertz CT molecular complexity index is 652. The molecule has 0 amide bonds. The first-order valence-electron chi connectivity index (χ1n) is 6.28. The minimum absolute atomic E-state index is 0.319. The lowest BCUT2D eigenvalue weighted by Crippen LogP contribution is -2.15. The van der Waals surface area contributed by atoms with Gasteiger partial charge >= 0.3 is 0 Å². The Balaban J connectivity index is 2.54. The molecule has 21 heavy (non-hydrogen) atoms. The van der Waals surface area contributed by atoms with E-state index in [1.54, 1.807) is 24.3 Å². The van der Waals surface area contributed by atoms with Gasteiger partial charge in [-0.15, -0.1) is 0 Å². The largest absolute Gasteiger partial charge is 0.350 e. The molecule has 0 atom stereocenters. The summed E-state index contributed by atoms with van der Waals surface area (Å²) < 4.78 is 53.5. The molecule has 0 spiro atoms. The molecule has 1 N–H and O–H groups in total. The number of pyridine rings is 1. The van der Waals surface area contributed by atoms with Gasteiger partial charge in [-0.25, -0.2) is 0 Å². The van der Waals surface area contributed by atoms with E-state index in [0.29, 0.717) is 5.69 Å². The average molecular weight is 298 g/mol. The second-order valence-corrected chi connectivity index (χ2v) is 5.62. The molecule has 1 aromatic heterocycles. The van der Waals surface area contributed by atoms with Crippen LogP contribution in [0.25, 0.3) is 0 Å². The van der Waals surface area contributed by atoms with Gasteiger partial charge in [0.2, 0.25) is 11.6 Å². The first-order chi connectivity index (χ1) is 9.71. The van der Waals surface area contributed by atoms with Crippen LogP contribution in [0.2, 0.25) is 0 Å². The van der Waals surface area contributed by atoms with E-state index in [-0.39, 0.29) is 5.41 Å². The van der Waals surface area contributed by atoms with Crippen molar-refractivity contribution in [2.45, 2.75) is 26.2 Å². The maximum atomic E-state index is 13.6. The summed E-state index contributed by atoms with van der Waals surface area (Å²) in [5.41, 5.74) is -0.0911. The second kappa shape index (κ2) is 5.35. The highest BCUT2D eigenvalue weighted by molar-refractivity contribution is 5.65. The predicted octanol–water partition coefficient (Wildman–Crippen LogP) is 4.68. The standard InChI is InChI=1S/C15H14F4N2/c1-15(2,3)8-6-4-5-7-9(8)20-12-10(16)13(18)21-14(19)11(12)17/h4-7H,1-3H3,(H,20,21). The Morgan fingerprint density at radius 1 is 0.905 bits per heavy atom. The van der Waals surface area contributed by atoms with Crippen molar-refractivity contribution in [2.75, 3.05) is 5.32 Å². The van der Waals surface area contributed by atoms with Gasteiger partial charge in [-0.1, -0.05) is 39.0 Å². The van der Waals surface area contributed by atoms with E-state index >= 15 is 0 Å². The summed E-state index contributed by atoms with van der Waals surface area (Å²) in [4.78, 5) is 2.52. The fourth-order valence-electron chi connectivity index (χ4n) is 1.98. The van der Waals surface area contributed by atoms with Crippen LogP contribution in [0.1, 0.15) is 26.3 Å². The van der Waals surface area contributed by atoms with Crippen molar-refractivity contribution >= 4 is 11.4 Å². The Hall–Kier alpha value is -2.11. The Morgan fingerprint density at radius 3 is 1.95 bits per heavy atom. The summed E-state index contributed by atoms with van der Waals surface area (Å²) in [6, 6.07) is 6.77. The molecule has 2 nitrogen and oxygen atoms in total. The zero-order valence-corrected chi connectivity index (χ0v) is 11.8. The SMILES string of the molecule is CC(C)(C)c1ccccc1Nc1c(F)c(F)nc(F)c1F. The van der Waals surface area contributed by atoms with E-state index in [1.165, 1.54) is 0 Å². The van der Waals surface area contributed by atoms with E-state index in [9.17, 15) is 17.6 Å². The molecule has 1 aromatic carbocycles. The average Bonchev–Trinajstić information content (AvgIpc) is 2.41. The van der Waals surface area contributed by atoms with E-state index in [1.807, 2.05) is 20.8 Å². The van der Waals surface area contributed by atoms with E-state index < -0.39 is 29.2 Å². The maximum absolute atomic E-state index is 13.6. The molecule has 2 aromatic rings. The monoisotopic (exact) mass is 298 g/mol. The summed E-state index contributed by atoms with van der Waals surface area (Å²) in [5, 5.41) is 2.43. The molecule has 0 aliphatic carbocycles. The van der Waals surface area contributed by atoms with Crippen LogP contribution in [-0.2, 0) is 5.41 Å². The summed E-state index contributed by atoms with van der Waals surface area (Å²) in [7, 11) is 0. The van der Waals surface area contributed by atoms with Crippen LogP contribution in [-0.4, -0.2) is 4.98 Å². The topological polar surface area (TPSA) is 24.9 Å². The van der Waals surface area contributed by atoms with Crippen molar-refractivity contribution in [3.05, 3.63) is 53.4 Å². The maximum Gasteiger partial charge on any atom is 0.253 e. The van der Waals surface area contributed by atoms with Crippen molar-refractivity contribution in [1.82, 2.24) is 4.98 Å². The van der Waals surface area contributed by atoms with Crippen LogP contribution in [0.4, 0.5) is 28.9 Å². The molecule has 0 fully saturated rings. The van der Waals surface area contributed by atoms with Crippen LogP contribution in [0.5, 0.6) is 0 Å². The van der Waals surface area contributed by atoms with Gasteiger partial charge in [0.25, 0.3) is 11.9 Å². The minimum Gasteiger partial charge on any atom is -0.350 e. The molecule has 112 valence electrons. The van der Waals surface area contributed by atoms with Crippen LogP contribution >= 0.6 is 0 Å². The van der Waals surface area contributed by atoms with Gasteiger partial charge in [0, 0.05) is 5.69 Å². The Morgan fingerprint density at radius 2 is 1.43 bits per heavy atom.